The second-order valence-corrected chi connectivity index (χ2v) is 4.63. The molecule has 0 aliphatic rings. The van der Waals surface area contributed by atoms with Crippen LogP contribution in [0.3, 0.4) is 0 Å². The number of rotatable bonds is 5. The van der Waals surface area contributed by atoms with Gasteiger partial charge in [0.25, 0.3) is 5.69 Å². The minimum Gasteiger partial charge on any atom is -0.375 e. The van der Waals surface area contributed by atoms with Crippen LogP contribution in [-0.2, 0) is 6.54 Å². The van der Waals surface area contributed by atoms with Gasteiger partial charge in [-0.1, -0.05) is 24.3 Å². The van der Waals surface area contributed by atoms with Gasteiger partial charge in [-0.3, -0.25) is 14.9 Å². The van der Waals surface area contributed by atoms with Crippen LogP contribution in [0.4, 0.5) is 11.4 Å². The molecule has 0 unspecified atom stereocenters. The number of carbonyl (C=O) groups is 1. The van der Waals surface area contributed by atoms with E-state index in [0.717, 1.165) is 11.1 Å². The van der Waals surface area contributed by atoms with Gasteiger partial charge in [-0.05, 0) is 30.2 Å². The number of anilines is 1. The van der Waals surface area contributed by atoms with E-state index in [2.05, 4.69) is 5.32 Å². The number of carbonyl (C=O) groups excluding carboxylic acids is 1. The lowest BCUT2D eigenvalue weighted by Gasteiger charge is -2.10. The molecule has 0 spiro atoms. The van der Waals surface area contributed by atoms with Gasteiger partial charge in [-0.15, -0.1) is 0 Å². The quantitative estimate of drug-likeness (QED) is 0.651. The number of hydrogen-bond donors (Lipinski definition) is 2. The SMILES string of the molecule is Cc1ccccc1CNc1ccc(C(N)=O)cc1[N+](=O)[O-]. The van der Waals surface area contributed by atoms with Gasteiger partial charge in [0.1, 0.15) is 5.69 Å². The Balaban J connectivity index is 2.26. The monoisotopic (exact) mass is 285 g/mol. The van der Waals surface area contributed by atoms with Crippen LogP contribution in [0.25, 0.3) is 0 Å². The lowest BCUT2D eigenvalue weighted by atomic mass is 10.1. The Kier molecular flexibility index (Phi) is 4.18. The van der Waals surface area contributed by atoms with Crippen molar-refractivity contribution in [3.63, 3.8) is 0 Å². The molecule has 0 aromatic heterocycles. The molecule has 0 radical (unpaired) electrons. The molecule has 0 fully saturated rings. The van der Waals surface area contributed by atoms with Gasteiger partial charge in [0.2, 0.25) is 5.91 Å². The molecule has 0 atom stereocenters. The van der Waals surface area contributed by atoms with Gasteiger partial charge in [-0.2, -0.15) is 0 Å². The summed E-state index contributed by atoms with van der Waals surface area (Å²) in [5.41, 5.74) is 7.58. The molecule has 2 aromatic rings. The zero-order valence-corrected chi connectivity index (χ0v) is 11.5. The number of amides is 1. The minimum atomic E-state index is -0.691. The van der Waals surface area contributed by atoms with Crippen LogP contribution < -0.4 is 11.1 Å². The van der Waals surface area contributed by atoms with E-state index in [4.69, 9.17) is 5.73 Å². The van der Waals surface area contributed by atoms with Crippen LogP contribution in [0.1, 0.15) is 21.5 Å². The molecule has 3 N–H and O–H groups in total. The average Bonchev–Trinajstić information content (AvgIpc) is 2.46. The molecule has 0 aliphatic heterocycles. The summed E-state index contributed by atoms with van der Waals surface area (Å²) in [6.45, 7) is 2.44. The maximum Gasteiger partial charge on any atom is 0.293 e. The van der Waals surface area contributed by atoms with Crippen molar-refractivity contribution in [2.75, 3.05) is 5.32 Å². The Morgan fingerprint density at radius 1 is 1.29 bits per heavy atom. The first kappa shape index (κ1) is 14.5. The second-order valence-electron chi connectivity index (χ2n) is 4.63. The number of primary amides is 1. The fraction of sp³-hybridized carbons (Fsp3) is 0.133. The number of nitro groups is 1. The largest absolute Gasteiger partial charge is 0.375 e. The zero-order chi connectivity index (χ0) is 15.4. The van der Waals surface area contributed by atoms with E-state index in [1.807, 2.05) is 31.2 Å². The van der Waals surface area contributed by atoms with Crippen molar-refractivity contribution in [2.24, 2.45) is 5.73 Å². The molecule has 0 saturated heterocycles. The summed E-state index contributed by atoms with van der Waals surface area (Å²) in [4.78, 5) is 21.6. The lowest BCUT2D eigenvalue weighted by Crippen LogP contribution is -2.12. The molecule has 108 valence electrons. The molecule has 6 nitrogen and oxygen atoms in total. The van der Waals surface area contributed by atoms with Gasteiger partial charge in [0.05, 0.1) is 4.92 Å². The number of nitrogens with zero attached hydrogens (tertiary/aromatic N) is 1. The third kappa shape index (κ3) is 3.36. The number of aryl methyl sites for hydroxylation is 1. The molecule has 0 heterocycles. The normalized spacial score (nSPS) is 10.1. The second kappa shape index (κ2) is 6.04. The average molecular weight is 285 g/mol. The fourth-order valence-corrected chi connectivity index (χ4v) is 1.98. The van der Waals surface area contributed by atoms with Crippen molar-refractivity contribution in [2.45, 2.75) is 13.5 Å². The van der Waals surface area contributed by atoms with Gasteiger partial charge in [0.15, 0.2) is 0 Å². The van der Waals surface area contributed by atoms with E-state index >= 15 is 0 Å². The maximum absolute atomic E-state index is 11.1. The van der Waals surface area contributed by atoms with Gasteiger partial charge < -0.3 is 11.1 Å². The van der Waals surface area contributed by atoms with E-state index in [9.17, 15) is 14.9 Å². The summed E-state index contributed by atoms with van der Waals surface area (Å²) in [7, 11) is 0. The number of nitro benzene ring substituents is 1. The highest BCUT2D eigenvalue weighted by Crippen LogP contribution is 2.26. The molecular formula is C15H15N3O3. The molecule has 6 heteroatoms. The first-order valence-corrected chi connectivity index (χ1v) is 6.35. The molecule has 2 aromatic carbocycles. The highest BCUT2D eigenvalue weighted by atomic mass is 16.6. The maximum atomic E-state index is 11.1. The number of nitrogens with one attached hydrogen (secondary N) is 1. The van der Waals surface area contributed by atoms with E-state index in [1.165, 1.54) is 18.2 Å². The topological polar surface area (TPSA) is 98.3 Å². The van der Waals surface area contributed by atoms with Crippen LogP contribution in [0.15, 0.2) is 42.5 Å². The van der Waals surface area contributed by atoms with Crippen LogP contribution in [0.5, 0.6) is 0 Å². The lowest BCUT2D eigenvalue weighted by molar-refractivity contribution is -0.384. The van der Waals surface area contributed by atoms with Crippen molar-refractivity contribution in [1.82, 2.24) is 0 Å². The smallest absolute Gasteiger partial charge is 0.293 e. The Labute approximate surface area is 121 Å². The molecule has 2 rings (SSSR count). The fourth-order valence-electron chi connectivity index (χ4n) is 1.98. The highest BCUT2D eigenvalue weighted by Gasteiger charge is 2.16. The number of benzene rings is 2. The van der Waals surface area contributed by atoms with Crippen molar-refractivity contribution < 1.29 is 9.72 Å². The van der Waals surface area contributed by atoms with Gasteiger partial charge in [-0.25, -0.2) is 0 Å². The third-order valence-corrected chi connectivity index (χ3v) is 3.21. The van der Waals surface area contributed by atoms with Crippen LogP contribution in [-0.4, -0.2) is 10.8 Å². The summed E-state index contributed by atoms with van der Waals surface area (Å²) in [5.74, 6) is -0.691. The van der Waals surface area contributed by atoms with Crippen molar-refractivity contribution in [1.29, 1.82) is 0 Å². The Morgan fingerprint density at radius 2 is 2.00 bits per heavy atom. The molecule has 21 heavy (non-hydrogen) atoms. The first-order valence-electron chi connectivity index (χ1n) is 6.35. The zero-order valence-electron chi connectivity index (χ0n) is 11.5. The number of hydrogen-bond acceptors (Lipinski definition) is 4. The van der Waals surface area contributed by atoms with Gasteiger partial charge in [0, 0.05) is 18.2 Å². The molecular weight excluding hydrogens is 270 g/mol. The van der Waals surface area contributed by atoms with E-state index in [0.29, 0.717) is 12.2 Å². The van der Waals surface area contributed by atoms with Crippen molar-refractivity contribution in [3.05, 3.63) is 69.3 Å². The van der Waals surface area contributed by atoms with Crippen LogP contribution in [0, 0.1) is 17.0 Å². The third-order valence-electron chi connectivity index (χ3n) is 3.21. The van der Waals surface area contributed by atoms with E-state index in [1.54, 1.807) is 0 Å². The minimum absolute atomic E-state index is 0.114. The van der Waals surface area contributed by atoms with Crippen LogP contribution in [0.2, 0.25) is 0 Å². The molecule has 0 bridgehead atoms. The van der Waals surface area contributed by atoms with Crippen molar-refractivity contribution in [3.8, 4) is 0 Å². The first-order chi connectivity index (χ1) is 9.99. The van der Waals surface area contributed by atoms with Crippen molar-refractivity contribution >= 4 is 17.3 Å². The van der Waals surface area contributed by atoms with Crippen LogP contribution >= 0.6 is 0 Å². The standard InChI is InChI=1S/C15H15N3O3/c1-10-4-2-3-5-12(10)9-17-13-7-6-11(15(16)19)8-14(13)18(20)21/h2-8,17H,9H2,1H3,(H2,16,19). The van der Waals surface area contributed by atoms with E-state index < -0.39 is 10.8 Å². The summed E-state index contributed by atoms with van der Waals surface area (Å²) < 4.78 is 0. The Morgan fingerprint density at radius 3 is 2.62 bits per heavy atom. The summed E-state index contributed by atoms with van der Waals surface area (Å²) in [5, 5.41) is 14.1. The summed E-state index contributed by atoms with van der Waals surface area (Å²) in [6.07, 6.45) is 0. The predicted octanol–water partition coefficient (Wildman–Crippen LogP) is 2.61. The highest BCUT2D eigenvalue weighted by molar-refractivity contribution is 5.94. The molecule has 0 saturated carbocycles. The summed E-state index contributed by atoms with van der Waals surface area (Å²) >= 11 is 0. The predicted molar refractivity (Wildman–Crippen MR) is 80.1 cm³/mol. The Bertz CT molecular complexity index is 698. The molecule has 0 aliphatic carbocycles. The van der Waals surface area contributed by atoms with Gasteiger partial charge >= 0.3 is 0 Å². The molecule has 1 amide bonds. The number of nitrogens with two attached hydrogens (primary N) is 1. The summed E-state index contributed by atoms with van der Waals surface area (Å²) in [6, 6.07) is 11.9. The Hall–Kier alpha value is -2.89. The van der Waals surface area contributed by atoms with E-state index in [-0.39, 0.29) is 11.3 Å².